The first-order valence-electron chi connectivity index (χ1n) is 7.57. The van der Waals surface area contributed by atoms with E-state index in [1.807, 2.05) is 60.7 Å². The number of benzene rings is 2. The molecule has 0 fully saturated rings. The van der Waals surface area contributed by atoms with Crippen molar-refractivity contribution in [2.45, 2.75) is 25.9 Å². The van der Waals surface area contributed by atoms with E-state index in [1.54, 1.807) is 0 Å². The zero-order valence-electron chi connectivity index (χ0n) is 13.0. The number of aliphatic carboxylic acids is 1. The quantitative estimate of drug-likeness (QED) is 0.798. The van der Waals surface area contributed by atoms with Crippen LogP contribution in [0.15, 0.2) is 60.7 Å². The minimum absolute atomic E-state index is 0.415. The van der Waals surface area contributed by atoms with E-state index in [4.69, 9.17) is 9.84 Å². The summed E-state index contributed by atoms with van der Waals surface area (Å²) in [6, 6.07) is 19.3. The van der Waals surface area contributed by atoms with Gasteiger partial charge in [0.05, 0.1) is 5.92 Å². The second kappa shape index (κ2) is 8.13. The van der Waals surface area contributed by atoms with E-state index in [0.717, 1.165) is 11.1 Å². The predicted molar refractivity (Wildman–Crippen MR) is 87.0 cm³/mol. The summed E-state index contributed by atoms with van der Waals surface area (Å²) in [6.45, 7) is 1.36. The van der Waals surface area contributed by atoms with Gasteiger partial charge in [-0.1, -0.05) is 60.7 Å². The van der Waals surface area contributed by atoms with Crippen molar-refractivity contribution in [3.63, 3.8) is 0 Å². The van der Waals surface area contributed by atoms with Crippen LogP contribution < -0.4 is 0 Å². The smallest absolute Gasteiger partial charge is 0.344 e. The molecule has 23 heavy (non-hydrogen) atoms. The molecule has 2 aromatic rings. The number of rotatable bonds is 7. The van der Waals surface area contributed by atoms with Crippen LogP contribution in [0.3, 0.4) is 0 Å². The highest BCUT2D eigenvalue weighted by molar-refractivity contribution is 5.79. The molecule has 0 bridgehead atoms. The van der Waals surface area contributed by atoms with Crippen molar-refractivity contribution in [3.8, 4) is 0 Å². The molecule has 2 rings (SSSR count). The Kier molecular flexibility index (Phi) is 5.92. The Morgan fingerprint density at radius 1 is 0.913 bits per heavy atom. The molecule has 0 aromatic heterocycles. The van der Waals surface area contributed by atoms with Crippen molar-refractivity contribution in [1.29, 1.82) is 0 Å². The number of carboxylic acid groups (broad SMARTS) is 1. The monoisotopic (exact) mass is 312 g/mol. The molecule has 0 saturated carbocycles. The van der Waals surface area contributed by atoms with Crippen molar-refractivity contribution in [3.05, 3.63) is 71.8 Å². The third-order valence-electron chi connectivity index (χ3n) is 3.62. The standard InChI is InChI=1S/C19H20O4/c1-14(18(20)21)23-19(22)17(12-15-8-4-2-5-9-15)13-16-10-6-3-7-11-16/h2-11,14,17H,12-13H2,1H3,(H,20,21). The van der Waals surface area contributed by atoms with Gasteiger partial charge in [-0.25, -0.2) is 4.79 Å². The molecule has 4 nitrogen and oxygen atoms in total. The first-order valence-corrected chi connectivity index (χ1v) is 7.57. The summed E-state index contributed by atoms with van der Waals surface area (Å²) in [5.74, 6) is -2.04. The number of carbonyl (C=O) groups excluding carboxylic acids is 1. The molecule has 0 aliphatic rings. The first-order chi connectivity index (χ1) is 11.1. The van der Waals surface area contributed by atoms with Gasteiger partial charge in [0.1, 0.15) is 0 Å². The number of carbonyl (C=O) groups is 2. The predicted octanol–water partition coefficient (Wildman–Crippen LogP) is 3.10. The molecule has 120 valence electrons. The van der Waals surface area contributed by atoms with Crippen molar-refractivity contribution in [1.82, 2.24) is 0 Å². The zero-order valence-corrected chi connectivity index (χ0v) is 13.0. The minimum Gasteiger partial charge on any atom is -0.479 e. The lowest BCUT2D eigenvalue weighted by Crippen LogP contribution is -2.30. The van der Waals surface area contributed by atoms with Gasteiger partial charge in [-0.3, -0.25) is 4.79 Å². The summed E-state index contributed by atoms with van der Waals surface area (Å²) >= 11 is 0. The van der Waals surface area contributed by atoms with Crippen LogP contribution in [0.2, 0.25) is 0 Å². The molecule has 0 heterocycles. The molecule has 1 atom stereocenters. The second-order valence-electron chi connectivity index (χ2n) is 5.49. The number of esters is 1. The summed E-state index contributed by atoms with van der Waals surface area (Å²) in [5.41, 5.74) is 2.04. The summed E-state index contributed by atoms with van der Waals surface area (Å²) in [7, 11) is 0. The lowest BCUT2D eigenvalue weighted by atomic mass is 9.92. The maximum atomic E-state index is 12.4. The van der Waals surface area contributed by atoms with Crippen LogP contribution in [0.1, 0.15) is 18.1 Å². The number of hydrogen-bond acceptors (Lipinski definition) is 3. The third kappa shape index (κ3) is 5.25. The van der Waals surface area contributed by atoms with E-state index in [1.165, 1.54) is 6.92 Å². The average Bonchev–Trinajstić information content (AvgIpc) is 2.56. The SMILES string of the molecule is CC(OC(=O)C(Cc1ccccc1)Cc1ccccc1)C(=O)O. The van der Waals surface area contributed by atoms with Gasteiger partial charge < -0.3 is 9.84 Å². The Bertz CT molecular complexity index is 595. The molecular formula is C19H20O4. The Labute approximate surface area is 135 Å². The maximum absolute atomic E-state index is 12.4. The highest BCUT2D eigenvalue weighted by Crippen LogP contribution is 2.17. The molecule has 2 aromatic carbocycles. The van der Waals surface area contributed by atoms with Crippen molar-refractivity contribution < 1.29 is 19.4 Å². The molecule has 0 amide bonds. The van der Waals surface area contributed by atoms with Gasteiger partial charge in [0.15, 0.2) is 6.10 Å². The van der Waals surface area contributed by atoms with Gasteiger partial charge >= 0.3 is 11.9 Å². The van der Waals surface area contributed by atoms with Gasteiger partial charge in [0, 0.05) is 0 Å². The summed E-state index contributed by atoms with van der Waals surface area (Å²) in [6.07, 6.45) is -0.113. The average molecular weight is 312 g/mol. The van der Waals surface area contributed by atoms with E-state index >= 15 is 0 Å². The van der Waals surface area contributed by atoms with E-state index in [9.17, 15) is 9.59 Å². The highest BCUT2D eigenvalue weighted by atomic mass is 16.6. The Morgan fingerprint density at radius 3 is 1.74 bits per heavy atom. The number of carboxylic acids is 1. The number of hydrogen-bond donors (Lipinski definition) is 1. The molecule has 0 spiro atoms. The molecule has 0 aliphatic heterocycles. The Hall–Kier alpha value is -2.62. The van der Waals surface area contributed by atoms with Crippen LogP contribution in [0, 0.1) is 5.92 Å². The molecule has 0 saturated heterocycles. The van der Waals surface area contributed by atoms with E-state index in [0.29, 0.717) is 12.8 Å². The molecule has 1 N–H and O–H groups in total. The third-order valence-corrected chi connectivity index (χ3v) is 3.62. The fraction of sp³-hybridized carbons (Fsp3) is 0.263. The van der Waals surface area contributed by atoms with Gasteiger partial charge in [0.2, 0.25) is 0 Å². The summed E-state index contributed by atoms with van der Waals surface area (Å²) in [4.78, 5) is 23.3. The van der Waals surface area contributed by atoms with E-state index in [2.05, 4.69) is 0 Å². The fourth-order valence-corrected chi connectivity index (χ4v) is 2.36. The van der Waals surface area contributed by atoms with Crippen LogP contribution in [0.4, 0.5) is 0 Å². The minimum atomic E-state index is -1.14. The van der Waals surface area contributed by atoms with Crippen molar-refractivity contribution in [2.24, 2.45) is 5.92 Å². The highest BCUT2D eigenvalue weighted by Gasteiger charge is 2.25. The summed E-state index contributed by atoms with van der Waals surface area (Å²) < 4.78 is 5.08. The van der Waals surface area contributed by atoms with Crippen LogP contribution in [-0.2, 0) is 27.2 Å². The molecule has 0 radical (unpaired) electrons. The van der Waals surface area contributed by atoms with Crippen molar-refractivity contribution in [2.75, 3.05) is 0 Å². The van der Waals surface area contributed by atoms with Gasteiger partial charge in [-0.2, -0.15) is 0 Å². The largest absolute Gasteiger partial charge is 0.479 e. The van der Waals surface area contributed by atoms with Crippen LogP contribution in [-0.4, -0.2) is 23.1 Å². The Morgan fingerprint density at radius 2 is 1.35 bits per heavy atom. The molecule has 0 aliphatic carbocycles. The van der Waals surface area contributed by atoms with Gasteiger partial charge in [-0.05, 0) is 30.9 Å². The van der Waals surface area contributed by atoms with Crippen molar-refractivity contribution >= 4 is 11.9 Å². The molecule has 1 unspecified atom stereocenters. The summed E-state index contributed by atoms with van der Waals surface area (Å²) in [5, 5.41) is 8.91. The second-order valence-corrected chi connectivity index (χ2v) is 5.49. The maximum Gasteiger partial charge on any atom is 0.344 e. The first kappa shape index (κ1) is 16.7. The van der Waals surface area contributed by atoms with E-state index in [-0.39, 0.29) is 0 Å². The van der Waals surface area contributed by atoms with E-state index < -0.39 is 24.0 Å². The van der Waals surface area contributed by atoms with Crippen LogP contribution in [0.5, 0.6) is 0 Å². The lowest BCUT2D eigenvalue weighted by Gasteiger charge is -2.18. The fourth-order valence-electron chi connectivity index (χ4n) is 2.36. The molecule has 4 heteroatoms. The Balaban J connectivity index is 2.13. The topological polar surface area (TPSA) is 63.6 Å². The molecular weight excluding hydrogens is 292 g/mol. The normalized spacial score (nSPS) is 11.9. The van der Waals surface area contributed by atoms with Gasteiger partial charge in [0.25, 0.3) is 0 Å². The lowest BCUT2D eigenvalue weighted by molar-refractivity contribution is -0.165. The zero-order chi connectivity index (χ0) is 16.7. The number of ether oxygens (including phenoxy) is 1. The van der Waals surface area contributed by atoms with Crippen LogP contribution in [0.25, 0.3) is 0 Å². The van der Waals surface area contributed by atoms with Gasteiger partial charge in [-0.15, -0.1) is 0 Å². The van der Waals surface area contributed by atoms with Crippen LogP contribution >= 0.6 is 0 Å².